The zero-order chi connectivity index (χ0) is 20.8. The van der Waals surface area contributed by atoms with Crippen LogP contribution in [-0.4, -0.2) is 46.3 Å². The Labute approximate surface area is 177 Å². The molecule has 164 valence electrons. The van der Waals surface area contributed by atoms with Crippen molar-refractivity contribution in [2.75, 3.05) is 13.2 Å². The molecule has 0 aromatic carbocycles. The van der Waals surface area contributed by atoms with Crippen LogP contribution in [0.1, 0.15) is 80.5 Å². The molecule has 4 rings (SSSR count). The highest BCUT2D eigenvalue weighted by atomic mass is 16.5. The smallest absolute Gasteiger partial charge is 0.276 e. The summed E-state index contributed by atoms with van der Waals surface area (Å²) < 4.78 is 11.3. The second-order valence-electron chi connectivity index (χ2n) is 8.54. The highest BCUT2D eigenvalue weighted by Gasteiger charge is 2.34. The van der Waals surface area contributed by atoms with Gasteiger partial charge in [-0.25, -0.2) is 0 Å². The van der Waals surface area contributed by atoms with Gasteiger partial charge in [-0.05, 0) is 37.8 Å². The van der Waals surface area contributed by atoms with Crippen LogP contribution in [0.5, 0.6) is 0 Å². The minimum atomic E-state index is 0.000178. The normalized spacial score (nSPS) is 18.6. The molecule has 0 aliphatic heterocycles. The van der Waals surface area contributed by atoms with Crippen molar-refractivity contribution in [2.45, 2.75) is 82.8 Å². The third-order valence-electron chi connectivity index (χ3n) is 6.39. The fourth-order valence-corrected chi connectivity index (χ4v) is 4.87. The molecule has 0 radical (unpaired) electrons. The third-order valence-corrected chi connectivity index (χ3v) is 6.39. The third kappa shape index (κ3) is 4.95. The number of aliphatic hydroxyl groups excluding tert-OH is 1. The fraction of sp³-hybridized carbons (Fsp3) is 0.652. The fourth-order valence-electron chi connectivity index (χ4n) is 4.87. The van der Waals surface area contributed by atoms with Gasteiger partial charge in [0.1, 0.15) is 5.76 Å². The number of furan rings is 1. The molecule has 2 aliphatic carbocycles. The summed E-state index contributed by atoms with van der Waals surface area (Å²) in [5, 5.41) is 16.1. The lowest BCUT2D eigenvalue weighted by Crippen LogP contribution is -2.48. The van der Waals surface area contributed by atoms with E-state index in [1.807, 2.05) is 12.1 Å². The van der Waals surface area contributed by atoms with Gasteiger partial charge in [0.05, 0.1) is 13.2 Å². The van der Waals surface area contributed by atoms with Crippen molar-refractivity contribution >= 4 is 5.91 Å². The van der Waals surface area contributed by atoms with Crippen molar-refractivity contribution in [3.05, 3.63) is 29.7 Å². The van der Waals surface area contributed by atoms with Gasteiger partial charge in [0.15, 0.2) is 11.5 Å². The molecule has 0 bridgehead atoms. The summed E-state index contributed by atoms with van der Waals surface area (Å²) in [5.74, 6) is 1.78. The van der Waals surface area contributed by atoms with Gasteiger partial charge < -0.3 is 24.3 Å². The molecule has 1 amide bonds. The van der Waals surface area contributed by atoms with Crippen LogP contribution in [-0.2, 0) is 6.54 Å². The van der Waals surface area contributed by atoms with Crippen LogP contribution >= 0.6 is 0 Å². The number of carbonyl (C=O) groups is 1. The minimum absolute atomic E-state index is 0.000178. The van der Waals surface area contributed by atoms with Crippen LogP contribution in [0.4, 0.5) is 0 Å². The van der Waals surface area contributed by atoms with E-state index in [1.54, 1.807) is 6.07 Å². The Bertz CT molecular complexity index is 785. The zero-order valence-electron chi connectivity index (χ0n) is 17.6. The molecule has 2 heterocycles. The van der Waals surface area contributed by atoms with Gasteiger partial charge >= 0.3 is 0 Å². The molecule has 2 N–H and O–H groups in total. The molecule has 2 aliphatic rings. The topological polar surface area (TPSA) is 91.7 Å². The maximum atomic E-state index is 13.5. The summed E-state index contributed by atoms with van der Waals surface area (Å²) >= 11 is 0. The Morgan fingerprint density at radius 1 is 1.03 bits per heavy atom. The van der Waals surface area contributed by atoms with Crippen LogP contribution in [0.25, 0.3) is 11.5 Å². The molecular weight excluding hydrogens is 382 g/mol. The largest absolute Gasteiger partial charge is 0.456 e. The molecular formula is C23H33N3O4. The first-order valence-corrected chi connectivity index (χ1v) is 11.5. The Morgan fingerprint density at radius 3 is 2.33 bits per heavy atom. The number of aliphatic hydroxyl groups is 1. The minimum Gasteiger partial charge on any atom is -0.456 e. The first-order valence-electron chi connectivity index (χ1n) is 11.5. The average Bonchev–Trinajstić information content (AvgIpc) is 3.45. The van der Waals surface area contributed by atoms with Gasteiger partial charge in [-0.1, -0.05) is 43.7 Å². The molecule has 2 aromatic rings. The molecule has 0 spiro atoms. The molecule has 0 atom stereocenters. The number of aromatic nitrogens is 1. The number of amides is 1. The van der Waals surface area contributed by atoms with E-state index < -0.39 is 0 Å². The van der Waals surface area contributed by atoms with Crippen molar-refractivity contribution < 1.29 is 18.8 Å². The average molecular weight is 416 g/mol. The molecule has 2 aromatic heterocycles. The maximum absolute atomic E-state index is 13.5. The van der Waals surface area contributed by atoms with Gasteiger partial charge in [-0.2, -0.15) is 0 Å². The monoisotopic (exact) mass is 415 g/mol. The standard InChI is InChI=1S/C23H33N3O4/c27-14-13-24-16-19-11-12-21(29-19)22-15-20(25-30-22)23(28)26(17-7-3-1-4-8-17)18-9-5-2-6-10-18/h11-12,15,17-18,24,27H,1-10,13-14,16H2. The molecule has 7 heteroatoms. The van der Waals surface area contributed by atoms with Gasteiger partial charge in [0, 0.05) is 24.7 Å². The first kappa shape index (κ1) is 21.1. The van der Waals surface area contributed by atoms with E-state index in [-0.39, 0.29) is 12.5 Å². The highest BCUT2D eigenvalue weighted by Crippen LogP contribution is 2.32. The van der Waals surface area contributed by atoms with E-state index in [0.717, 1.165) is 31.4 Å². The van der Waals surface area contributed by atoms with Crippen LogP contribution in [0.2, 0.25) is 0 Å². The summed E-state index contributed by atoms with van der Waals surface area (Å²) in [4.78, 5) is 15.7. The van der Waals surface area contributed by atoms with E-state index in [4.69, 9.17) is 14.0 Å². The molecule has 7 nitrogen and oxygen atoms in total. The van der Waals surface area contributed by atoms with E-state index in [9.17, 15) is 4.79 Å². The van der Waals surface area contributed by atoms with Crippen LogP contribution in [0, 0.1) is 0 Å². The SMILES string of the molecule is O=C(c1cc(-c2ccc(CNCCO)o2)on1)N(C1CCCCC1)C1CCCCC1. The predicted octanol–water partition coefficient (Wildman–Crippen LogP) is 4.12. The highest BCUT2D eigenvalue weighted by molar-refractivity contribution is 5.93. The van der Waals surface area contributed by atoms with Crippen LogP contribution < -0.4 is 5.32 Å². The predicted molar refractivity (Wildman–Crippen MR) is 113 cm³/mol. The lowest BCUT2D eigenvalue weighted by molar-refractivity contribution is 0.0438. The number of rotatable bonds is 8. The van der Waals surface area contributed by atoms with Crippen LogP contribution in [0.3, 0.4) is 0 Å². The Morgan fingerprint density at radius 2 is 1.70 bits per heavy atom. The number of nitrogens with zero attached hydrogens (tertiary/aromatic N) is 2. The molecule has 0 unspecified atom stereocenters. The van der Waals surface area contributed by atoms with E-state index in [0.29, 0.717) is 42.4 Å². The Hall–Kier alpha value is -2.12. The Kier molecular flexibility index (Phi) is 7.23. The van der Waals surface area contributed by atoms with Crippen molar-refractivity contribution in [1.82, 2.24) is 15.4 Å². The summed E-state index contributed by atoms with van der Waals surface area (Å²) in [6.45, 7) is 1.12. The number of hydrogen-bond donors (Lipinski definition) is 2. The van der Waals surface area contributed by atoms with Gasteiger partial charge in [0.25, 0.3) is 5.91 Å². The van der Waals surface area contributed by atoms with Crippen molar-refractivity contribution in [3.8, 4) is 11.5 Å². The summed E-state index contributed by atoms with van der Waals surface area (Å²) in [6, 6.07) is 6.04. The number of carbonyl (C=O) groups excluding carboxylic acids is 1. The number of hydrogen-bond acceptors (Lipinski definition) is 6. The van der Waals surface area contributed by atoms with Crippen molar-refractivity contribution in [1.29, 1.82) is 0 Å². The summed E-state index contributed by atoms with van der Waals surface area (Å²) in [7, 11) is 0. The van der Waals surface area contributed by atoms with Crippen molar-refractivity contribution in [2.24, 2.45) is 0 Å². The van der Waals surface area contributed by atoms with Crippen LogP contribution in [0.15, 0.2) is 27.1 Å². The van der Waals surface area contributed by atoms with Gasteiger partial charge in [-0.15, -0.1) is 0 Å². The second kappa shape index (κ2) is 10.3. The van der Waals surface area contributed by atoms with Crippen molar-refractivity contribution in [3.63, 3.8) is 0 Å². The summed E-state index contributed by atoms with van der Waals surface area (Å²) in [5.41, 5.74) is 0.373. The molecule has 0 saturated heterocycles. The number of nitrogens with one attached hydrogen (secondary N) is 1. The van der Waals surface area contributed by atoms with E-state index in [2.05, 4.69) is 15.4 Å². The first-order chi connectivity index (χ1) is 14.8. The Balaban J connectivity index is 1.49. The molecule has 30 heavy (non-hydrogen) atoms. The van der Waals surface area contributed by atoms with E-state index >= 15 is 0 Å². The van der Waals surface area contributed by atoms with Gasteiger partial charge in [-0.3, -0.25) is 4.79 Å². The second-order valence-corrected chi connectivity index (χ2v) is 8.54. The summed E-state index contributed by atoms with van der Waals surface area (Å²) in [6.07, 6.45) is 11.7. The van der Waals surface area contributed by atoms with Gasteiger partial charge in [0.2, 0.25) is 5.76 Å². The molecule has 2 fully saturated rings. The molecule has 2 saturated carbocycles. The lowest BCUT2D eigenvalue weighted by Gasteiger charge is -2.41. The quantitative estimate of drug-likeness (QED) is 0.630. The maximum Gasteiger partial charge on any atom is 0.276 e. The lowest BCUT2D eigenvalue weighted by atomic mass is 9.88. The van der Waals surface area contributed by atoms with E-state index in [1.165, 1.54) is 38.5 Å². The zero-order valence-corrected chi connectivity index (χ0v) is 17.6.